The van der Waals surface area contributed by atoms with Crippen molar-refractivity contribution >= 4 is 0 Å². The van der Waals surface area contributed by atoms with Crippen LogP contribution in [0.25, 0.3) is 0 Å². The number of aliphatic hydroxyl groups is 1. The normalized spacial score (nSPS) is 33.9. The fraction of sp³-hybridized carbons (Fsp3) is 0.714. The van der Waals surface area contributed by atoms with Gasteiger partial charge in [-0.05, 0) is 42.7 Å². The van der Waals surface area contributed by atoms with E-state index in [9.17, 15) is 5.11 Å². The van der Waals surface area contributed by atoms with E-state index in [2.05, 4.69) is 20.8 Å². The molecule has 0 bridgehead atoms. The molecule has 90 valence electrons. The average molecular weight is 222 g/mol. The summed E-state index contributed by atoms with van der Waals surface area (Å²) in [7, 11) is 0. The number of hydrogen-bond donors (Lipinski definition) is 1. The van der Waals surface area contributed by atoms with Crippen LogP contribution in [0.4, 0.5) is 0 Å². The molecule has 0 spiro atoms. The van der Waals surface area contributed by atoms with Gasteiger partial charge in [0.15, 0.2) is 0 Å². The van der Waals surface area contributed by atoms with Gasteiger partial charge in [0.05, 0.1) is 11.9 Å². The second-order valence-electron chi connectivity index (χ2n) is 6.33. The molecule has 0 aromatic carbocycles. The molecule has 0 radical (unpaired) electrons. The van der Waals surface area contributed by atoms with Gasteiger partial charge in [-0.25, -0.2) is 0 Å². The smallest absolute Gasteiger partial charge is 0.106 e. The maximum atomic E-state index is 10.7. The van der Waals surface area contributed by atoms with Gasteiger partial charge >= 0.3 is 0 Å². The molecule has 1 fully saturated rings. The maximum absolute atomic E-state index is 10.7. The van der Waals surface area contributed by atoms with Crippen molar-refractivity contribution in [2.24, 2.45) is 11.3 Å². The van der Waals surface area contributed by atoms with Gasteiger partial charge in [-0.15, -0.1) is 0 Å². The van der Waals surface area contributed by atoms with Gasteiger partial charge in [0.1, 0.15) is 5.76 Å². The summed E-state index contributed by atoms with van der Waals surface area (Å²) in [5, 5.41) is 10.7. The summed E-state index contributed by atoms with van der Waals surface area (Å²) in [5.41, 5.74) is -0.349. The zero-order valence-electron chi connectivity index (χ0n) is 10.5. The first kappa shape index (κ1) is 11.7. The fourth-order valence-electron chi connectivity index (χ4n) is 3.57. The minimum Gasteiger partial charge on any atom is -0.469 e. The van der Waals surface area contributed by atoms with Crippen LogP contribution in [0.3, 0.4) is 0 Å². The molecule has 1 N–H and O–H groups in total. The molecule has 2 nitrogen and oxygen atoms in total. The zero-order chi connectivity index (χ0) is 11.8. The average Bonchev–Trinajstić information content (AvgIpc) is 2.49. The molecule has 2 atom stereocenters. The summed E-state index contributed by atoms with van der Waals surface area (Å²) in [6.07, 6.45) is 5.28. The third-order valence-electron chi connectivity index (χ3n) is 3.52. The summed E-state index contributed by atoms with van der Waals surface area (Å²) < 4.78 is 5.34. The highest BCUT2D eigenvalue weighted by Crippen LogP contribution is 2.45. The van der Waals surface area contributed by atoms with E-state index in [1.807, 2.05) is 12.1 Å². The second kappa shape index (κ2) is 3.92. The SMILES string of the molecule is CC1CC(C)(C)CC(O)(Cc2ccco2)C1. The summed E-state index contributed by atoms with van der Waals surface area (Å²) in [5.74, 6) is 1.48. The Balaban J connectivity index is 2.11. The van der Waals surface area contributed by atoms with Crippen LogP contribution in [-0.4, -0.2) is 10.7 Å². The zero-order valence-corrected chi connectivity index (χ0v) is 10.5. The largest absolute Gasteiger partial charge is 0.469 e. The predicted molar refractivity (Wildman–Crippen MR) is 64.2 cm³/mol. The van der Waals surface area contributed by atoms with Gasteiger partial charge in [-0.2, -0.15) is 0 Å². The van der Waals surface area contributed by atoms with E-state index in [4.69, 9.17) is 4.42 Å². The third kappa shape index (κ3) is 2.67. The molecule has 16 heavy (non-hydrogen) atoms. The third-order valence-corrected chi connectivity index (χ3v) is 3.52. The molecular weight excluding hydrogens is 200 g/mol. The van der Waals surface area contributed by atoms with Crippen molar-refractivity contribution in [1.29, 1.82) is 0 Å². The Bertz CT molecular complexity index is 340. The monoisotopic (exact) mass is 222 g/mol. The van der Waals surface area contributed by atoms with Gasteiger partial charge in [-0.3, -0.25) is 0 Å². The van der Waals surface area contributed by atoms with Crippen LogP contribution in [-0.2, 0) is 6.42 Å². The van der Waals surface area contributed by atoms with E-state index in [1.54, 1.807) is 6.26 Å². The molecule has 2 unspecified atom stereocenters. The lowest BCUT2D eigenvalue weighted by molar-refractivity contribution is -0.0602. The van der Waals surface area contributed by atoms with Gasteiger partial charge in [0, 0.05) is 6.42 Å². The summed E-state index contributed by atoms with van der Waals surface area (Å²) in [6, 6.07) is 3.83. The molecular formula is C14H22O2. The molecule has 1 aliphatic rings. The molecule has 0 saturated heterocycles. The number of rotatable bonds is 2. The van der Waals surface area contributed by atoms with Crippen LogP contribution in [0.2, 0.25) is 0 Å². The molecule has 1 saturated carbocycles. The summed E-state index contributed by atoms with van der Waals surface area (Å²) >= 11 is 0. The first-order valence-electron chi connectivity index (χ1n) is 6.13. The van der Waals surface area contributed by atoms with Crippen molar-refractivity contribution in [3.8, 4) is 0 Å². The van der Waals surface area contributed by atoms with Crippen molar-refractivity contribution in [1.82, 2.24) is 0 Å². The lowest BCUT2D eigenvalue weighted by atomic mass is 9.65. The van der Waals surface area contributed by atoms with E-state index in [1.165, 1.54) is 6.42 Å². The van der Waals surface area contributed by atoms with Gasteiger partial charge in [0.25, 0.3) is 0 Å². The van der Waals surface area contributed by atoms with Gasteiger partial charge < -0.3 is 9.52 Å². The Morgan fingerprint density at radius 3 is 2.75 bits per heavy atom. The van der Waals surface area contributed by atoms with Crippen molar-refractivity contribution in [3.05, 3.63) is 24.2 Å². The molecule has 2 heteroatoms. The Hall–Kier alpha value is -0.760. The van der Waals surface area contributed by atoms with Crippen LogP contribution in [0.5, 0.6) is 0 Å². The first-order chi connectivity index (χ1) is 7.39. The highest BCUT2D eigenvalue weighted by atomic mass is 16.3. The van der Waals surface area contributed by atoms with Crippen LogP contribution in [0.15, 0.2) is 22.8 Å². The van der Waals surface area contributed by atoms with Gasteiger partial charge in [-0.1, -0.05) is 20.8 Å². The highest BCUT2D eigenvalue weighted by Gasteiger charge is 2.41. The topological polar surface area (TPSA) is 33.4 Å². The molecule has 0 amide bonds. The quantitative estimate of drug-likeness (QED) is 0.832. The van der Waals surface area contributed by atoms with E-state index in [-0.39, 0.29) is 5.41 Å². The van der Waals surface area contributed by atoms with Crippen LogP contribution in [0, 0.1) is 11.3 Å². The molecule has 1 aromatic heterocycles. The molecule has 1 aromatic rings. The molecule has 2 rings (SSSR count). The van der Waals surface area contributed by atoms with Crippen molar-refractivity contribution in [3.63, 3.8) is 0 Å². The van der Waals surface area contributed by atoms with Crippen molar-refractivity contribution in [2.45, 2.75) is 52.1 Å². The second-order valence-corrected chi connectivity index (χ2v) is 6.33. The fourth-order valence-corrected chi connectivity index (χ4v) is 3.57. The Labute approximate surface area is 97.7 Å². The Morgan fingerprint density at radius 2 is 2.19 bits per heavy atom. The van der Waals surface area contributed by atoms with Crippen LogP contribution in [0.1, 0.15) is 45.8 Å². The van der Waals surface area contributed by atoms with Crippen LogP contribution < -0.4 is 0 Å². The van der Waals surface area contributed by atoms with Crippen LogP contribution >= 0.6 is 0 Å². The van der Waals surface area contributed by atoms with E-state index in [0.29, 0.717) is 12.3 Å². The maximum Gasteiger partial charge on any atom is 0.106 e. The van der Waals surface area contributed by atoms with E-state index < -0.39 is 5.60 Å². The predicted octanol–water partition coefficient (Wildman–Crippen LogP) is 3.40. The van der Waals surface area contributed by atoms with Crippen molar-refractivity contribution in [2.75, 3.05) is 0 Å². The standard InChI is InChI=1S/C14H22O2/c1-11-7-13(2,3)10-14(15,8-11)9-12-5-4-6-16-12/h4-6,11,15H,7-10H2,1-3H3. The molecule has 1 heterocycles. The van der Waals surface area contributed by atoms with E-state index in [0.717, 1.165) is 18.6 Å². The molecule has 0 aliphatic heterocycles. The molecule has 1 aliphatic carbocycles. The van der Waals surface area contributed by atoms with Gasteiger partial charge in [0.2, 0.25) is 0 Å². The van der Waals surface area contributed by atoms with E-state index >= 15 is 0 Å². The number of furan rings is 1. The lowest BCUT2D eigenvalue weighted by Gasteiger charge is -2.44. The van der Waals surface area contributed by atoms with Crippen molar-refractivity contribution < 1.29 is 9.52 Å². The minimum absolute atomic E-state index is 0.235. The first-order valence-corrected chi connectivity index (χ1v) is 6.13. The highest BCUT2D eigenvalue weighted by molar-refractivity contribution is 5.05. The number of hydrogen-bond acceptors (Lipinski definition) is 2. The lowest BCUT2D eigenvalue weighted by Crippen LogP contribution is -2.43. The Morgan fingerprint density at radius 1 is 1.44 bits per heavy atom. The minimum atomic E-state index is -0.584. The summed E-state index contributed by atoms with van der Waals surface area (Å²) in [6.45, 7) is 6.72. The Kier molecular flexibility index (Phi) is 2.87. The summed E-state index contributed by atoms with van der Waals surface area (Å²) in [4.78, 5) is 0.